The average molecular weight is 459 g/mol. The summed E-state index contributed by atoms with van der Waals surface area (Å²) < 4.78 is 39.4. The summed E-state index contributed by atoms with van der Waals surface area (Å²) in [7, 11) is 2.07. The van der Waals surface area contributed by atoms with Gasteiger partial charge in [0.25, 0.3) is 0 Å². The Morgan fingerprint density at radius 1 is 1.28 bits per heavy atom. The molecule has 2 amide bonds. The second-order valence-electron chi connectivity index (χ2n) is 7.71. The van der Waals surface area contributed by atoms with Crippen LogP contribution in [0.2, 0.25) is 0 Å². The highest BCUT2D eigenvalue weighted by Crippen LogP contribution is 2.15. The van der Waals surface area contributed by atoms with Gasteiger partial charge in [-0.15, -0.1) is 0 Å². The molecule has 0 saturated heterocycles. The molecule has 12 heteroatoms. The van der Waals surface area contributed by atoms with E-state index in [0.29, 0.717) is 13.1 Å². The van der Waals surface area contributed by atoms with Gasteiger partial charge in [-0.2, -0.15) is 13.2 Å². The van der Waals surface area contributed by atoms with Gasteiger partial charge in [-0.1, -0.05) is 0 Å². The van der Waals surface area contributed by atoms with Crippen LogP contribution < -0.4 is 5.32 Å². The highest BCUT2D eigenvalue weighted by atomic mass is 19.4. The number of amides is 2. The van der Waals surface area contributed by atoms with Gasteiger partial charge in [0, 0.05) is 44.8 Å². The van der Waals surface area contributed by atoms with E-state index in [-0.39, 0.29) is 12.1 Å². The number of carboxylic acids is 1. The molecule has 2 aromatic rings. The summed E-state index contributed by atoms with van der Waals surface area (Å²) in [5.41, 5.74) is 1.18. The lowest BCUT2D eigenvalue weighted by Crippen LogP contribution is -2.44. The number of rotatable bonds is 5. The molecule has 178 valence electrons. The molecule has 9 nitrogen and oxygen atoms in total. The molecule has 0 bridgehead atoms. The van der Waals surface area contributed by atoms with E-state index in [4.69, 9.17) is 14.3 Å². The van der Waals surface area contributed by atoms with Gasteiger partial charge in [0.15, 0.2) is 0 Å². The molecule has 3 heterocycles. The summed E-state index contributed by atoms with van der Waals surface area (Å²) in [6.07, 6.45) is -0.643. The van der Waals surface area contributed by atoms with Crippen LogP contribution in [-0.2, 0) is 30.8 Å². The quantitative estimate of drug-likeness (QED) is 0.713. The number of carboxylic acid groups (broad SMARTS) is 1. The number of halogens is 3. The molecule has 0 saturated carbocycles. The number of aliphatic carboxylic acids is 1. The third-order valence-electron chi connectivity index (χ3n) is 4.60. The van der Waals surface area contributed by atoms with Crippen molar-refractivity contribution in [1.82, 2.24) is 24.7 Å². The summed E-state index contributed by atoms with van der Waals surface area (Å²) in [5, 5.41) is 10.1. The molecule has 1 aliphatic rings. The number of carbonyl (C=O) groups excluding carboxylic acids is 1. The van der Waals surface area contributed by atoms with Crippen LogP contribution in [0.1, 0.15) is 31.1 Å². The second-order valence-corrected chi connectivity index (χ2v) is 7.71. The predicted octanol–water partition coefficient (Wildman–Crippen LogP) is 2.72. The second kappa shape index (κ2) is 11.0. The largest absolute Gasteiger partial charge is 0.490 e. The lowest BCUT2D eigenvalue weighted by atomic mass is 10.3. The van der Waals surface area contributed by atoms with E-state index in [1.807, 2.05) is 37.1 Å². The van der Waals surface area contributed by atoms with Crippen LogP contribution in [-0.4, -0.2) is 68.8 Å². The van der Waals surface area contributed by atoms with Crippen molar-refractivity contribution in [3.63, 3.8) is 0 Å². The molecule has 0 atom stereocenters. The molecular weight excluding hydrogens is 431 g/mol. The first kappa shape index (κ1) is 25.2. The van der Waals surface area contributed by atoms with E-state index in [1.165, 1.54) is 5.69 Å². The maximum atomic E-state index is 12.2. The maximum absolute atomic E-state index is 12.2. The molecule has 2 N–H and O–H groups in total. The van der Waals surface area contributed by atoms with Gasteiger partial charge in [0.05, 0.1) is 18.5 Å². The number of hydrogen-bond acceptors (Lipinski definition) is 5. The van der Waals surface area contributed by atoms with E-state index >= 15 is 0 Å². The Morgan fingerprint density at radius 3 is 2.53 bits per heavy atom. The van der Waals surface area contributed by atoms with Crippen LogP contribution in [0.15, 0.2) is 29.0 Å². The number of alkyl halides is 3. The fourth-order valence-electron chi connectivity index (χ4n) is 3.16. The Balaban J connectivity index is 0.000000451. The van der Waals surface area contributed by atoms with Gasteiger partial charge in [-0.25, -0.2) is 14.6 Å². The molecule has 2 aromatic heterocycles. The number of fused-ring (bicyclic) bond motifs is 1. The Bertz CT molecular complexity index is 880. The Morgan fingerprint density at radius 2 is 1.97 bits per heavy atom. The monoisotopic (exact) mass is 459 g/mol. The Kier molecular flexibility index (Phi) is 8.70. The summed E-state index contributed by atoms with van der Waals surface area (Å²) >= 11 is 0. The van der Waals surface area contributed by atoms with Crippen LogP contribution in [0.3, 0.4) is 0 Å². The highest BCUT2D eigenvalue weighted by Gasteiger charge is 2.38. The third-order valence-corrected chi connectivity index (χ3v) is 4.60. The zero-order chi connectivity index (χ0) is 23.9. The van der Waals surface area contributed by atoms with Crippen molar-refractivity contribution in [2.24, 2.45) is 0 Å². The van der Waals surface area contributed by atoms with E-state index in [0.717, 1.165) is 37.6 Å². The molecule has 0 aliphatic carbocycles. The number of carbonyl (C=O) groups is 2. The summed E-state index contributed by atoms with van der Waals surface area (Å²) in [4.78, 5) is 29.8. The molecule has 0 aromatic carbocycles. The zero-order valence-electron chi connectivity index (χ0n) is 18.2. The lowest BCUT2D eigenvalue weighted by molar-refractivity contribution is -0.192. The number of imidazole rings is 1. The molecule has 0 spiro atoms. The SMILES string of the molecule is CC(C)NC(=O)N1CCc2ncc(CN(C)Cc3ccco3)n2CC1.O=C(O)C(F)(F)F. The average Bonchev–Trinajstić information content (AvgIpc) is 3.26. The minimum Gasteiger partial charge on any atom is -0.475 e. The number of furan rings is 1. The van der Waals surface area contributed by atoms with Crippen molar-refractivity contribution in [1.29, 1.82) is 0 Å². The minimum atomic E-state index is -5.08. The van der Waals surface area contributed by atoms with Gasteiger partial charge >= 0.3 is 18.2 Å². The van der Waals surface area contributed by atoms with Gasteiger partial charge in [-0.05, 0) is 33.0 Å². The van der Waals surface area contributed by atoms with Gasteiger partial charge in [0.1, 0.15) is 11.6 Å². The lowest BCUT2D eigenvalue weighted by Gasteiger charge is -2.22. The molecule has 3 rings (SSSR count). The van der Waals surface area contributed by atoms with Crippen molar-refractivity contribution in [2.75, 3.05) is 20.1 Å². The first-order chi connectivity index (χ1) is 15.0. The molecule has 0 radical (unpaired) electrons. The van der Waals surface area contributed by atoms with Crippen LogP contribution in [0.5, 0.6) is 0 Å². The minimum absolute atomic E-state index is 0.0113. The van der Waals surface area contributed by atoms with E-state index in [9.17, 15) is 18.0 Å². The molecular formula is C20H28F3N5O4. The van der Waals surface area contributed by atoms with E-state index < -0.39 is 12.1 Å². The number of aromatic nitrogens is 2. The van der Waals surface area contributed by atoms with Gasteiger partial charge in [0.2, 0.25) is 0 Å². The molecule has 0 fully saturated rings. The van der Waals surface area contributed by atoms with Crippen molar-refractivity contribution in [2.45, 2.75) is 52.1 Å². The number of nitrogens with zero attached hydrogens (tertiary/aromatic N) is 4. The van der Waals surface area contributed by atoms with Crippen molar-refractivity contribution < 1.29 is 32.3 Å². The maximum Gasteiger partial charge on any atom is 0.490 e. The zero-order valence-corrected chi connectivity index (χ0v) is 18.2. The number of nitrogens with one attached hydrogen (secondary N) is 1. The fraction of sp³-hybridized carbons (Fsp3) is 0.550. The summed E-state index contributed by atoms with van der Waals surface area (Å²) in [6.45, 7) is 7.71. The third kappa shape index (κ3) is 7.59. The van der Waals surface area contributed by atoms with E-state index in [2.05, 4.69) is 26.8 Å². The predicted molar refractivity (Wildman–Crippen MR) is 109 cm³/mol. The summed E-state index contributed by atoms with van der Waals surface area (Å²) in [6, 6.07) is 4.06. The standard InChI is InChI=1S/C18H27N5O2.C2HF3O2/c1-14(2)20-18(24)22-7-6-17-19-11-15(23(17)9-8-22)12-21(3)13-16-5-4-10-25-16;3-2(4,5)1(6)7/h4-5,10-11,14H,6-9,12-13H2,1-3H3,(H,20,24);(H,6,7). The molecule has 32 heavy (non-hydrogen) atoms. The van der Waals surface area contributed by atoms with Crippen molar-refractivity contribution >= 4 is 12.0 Å². The normalized spacial score (nSPS) is 13.9. The van der Waals surface area contributed by atoms with Gasteiger partial charge in [-0.3, -0.25) is 4.90 Å². The van der Waals surface area contributed by atoms with Gasteiger partial charge < -0.3 is 24.3 Å². The smallest absolute Gasteiger partial charge is 0.475 e. The topological polar surface area (TPSA) is 104 Å². The van der Waals surface area contributed by atoms with Crippen molar-refractivity contribution in [3.8, 4) is 0 Å². The first-order valence-corrected chi connectivity index (χ1v) is 10.1. The molecule has 0 unspecified atom stereocenters. The van der Waals surface area contributed by atoms with Crippen LogP contribution in [0.25, 0.3) is 0 Å². The number of urea groups is 1. The van der Waals surface area contributed by atoms with E-state index in [1.54, 1.807) is 6.26 Å². The van der Waals surface area contributed by atoms with Crippen LogP contribution >= 0.6 is 0 Å². The van der Waals surface area contributed by atoms with Crippen LogP contribution in [0, 0.1) is 0 Å². The highest BCUT2D eigenvalue weighted by molar-refractivity contribution is 5.74. The van der Waals surface area contributed by atoms with Crippen LogP contribution in [0.4, 0.5) is 18.0 Å². The molecule has 1 aliphatic heterocycles. The summed E-state index contributed by atoms with van der Waals surface area (Å²) in [5.74, 6) is -0.747. The first-order valence-electron chi connectivity index (χ1n) is 10.1. The van der Waals surface area contributed by atoms with Crippen molar-refractivity contribution in [3.05, 3.63) is 41.9 Å². The fourth-order valence-corrected chi connectivity index (χ4v) is 3.16. The Hall–Kier alpha value is -3.02. The number of hydrogen-bond donors (Lipinski definition) is 2. The Labute approximate surface area is 183 Å².